The summed E-state index contributed by atoms with van der Waals surface area (Å²) in [5.74, 6) is 0.359. The van der Waals surface area contributed by atoms with E-state index in [4.69, 9.17) is 10.5 Å². The molecule has 0 aliphatic heterocycles. The molecule has 4 heteroatoms. The molecule has 2 aromatic rings. The Bertz CT molecular complexity index is 570. The maximum absolute atomic E-state index is 13.5. The fourth-order valence-electron chi connectivity index (χ4n) is 1.80. The van der Waals surface area contributed by atoms with Crippen LogP contribution in [0, 0.1) is 19.7 Å². The molecule has 0 aliphatic carbocycles. The van der Waals surface area contributed by atoms with Crippen LogP contribution in [0.2, 0.25) is 0 Å². The lowest BCUT2D eigenvalue weighted by molar-refractivity contribution is 0.436. The van der Waals surface area contributed by atoms with E-state index in [0.717, 1.165) is 17.0 Å². The van der Waals surface area contributed by atoms with Gasteiger partial charge < -0.3 is 10.5 Å². The van der Waals surface area contributed by atoms with Crippen molar-refractivity contribution in [3.63, 3.8) is 0 Å². The summed E-state index contributed by atoms with van der Waals surface area (Å²) in [6.45, 7) is 4.04. The normalized spacial score (nSPS) is 10.4. The molecular weight excluding hydrogens is 231 g/mol. The lowest BCUT2D eigenvalue weighted by atomic mass is 10.1. The molecule has 3 nitrogen and oxygen atoms in total. The van der Waals surface area contributed by atoms with Crippen molar-refractivity contribution in [2.75, 3.05) is 0 Å². The molecule has 0 saturated carbocycles. The average molecular weight is 246 g/mol. The number of pyridine rings is 1. The number of rotatable bonds is 3. The van der Waals surface area contributed by atoms with Crippen LogP contribution in [-0.4, -0.2) is 4.98 Å². The van der Waals surface area contributed by atoms with Crippen molar-refractivity contribution < 1.29 is 9.13 Å². The van der Waals surface area contributed by atoms with Gasteiger partial charge in [-0.25, -0.2) is 4.39 Å². The van der Waals surface area contributed by atoms with E-state index in [9.17, 15) is 4.39 Å². The van der Waals surface area contributed by atoms with E-state index in [-0.39, 0.29) is 5.75 Å². The van der Waals surface area contributed by atoms with Crippen LogP contribution < -0.4 is 10.5 Å². The maximum atomic E-state index is 13.5. The quantitative estimate of drug-likeness (QED) is 0.905. The van der Waals surface area contributed by atoms with E-state index in [2.05, 4.69) is 4.98 Å². The van der Waals surface area contributed by atoms with Gasteiger partial charge in [-0.1, -0.05) is 12.1 Å². The highest BCUT2D eigenvalue weighted by Crippen LogP contribution is 2.28. The van der Waals surface area contributed by atoms with Gasteiger partial charge in [0.2, 0.25) is 0 Å². The minimum absolute atomic E-state index is 0.192. The molecule has 18 heavy (non-hydrogen) atoms. The molecule has 0 unspecified atom stereocenters. The van der Waals surface area contributed by atoms with Crippen LogP contribution in [0.3, 0.4) is 0 Å². The van der Waals surface area contributed by atoms with Gasteiger partial charge >= 0.3 is 0 Å². The highest BCUT2D eigenvalue weighted by molar-refractivity contribution is 5.41. The third-order valence-electron chi connectivity index (χ3n) is 2.68. The Morgan fingerprint density at radius 1 is 1.22 bits per heavy atom. The fourth-order valence-corrected chi connectivity index (χ4v) is 1.80. The molecule has 0 atom stereocenters. The van der Waals surface area contributed by atoms with E-state index in [1.807, 2.05) is 13.8 Å². The standard InChI is InChI=1S/C14H15FN2O/c1-9-7-14(11(8-16)10(2)17-9)18-13-6-4-3-5-12(13)15/h3-7H,8,16H2,1-2H3. The highest BCUT2D eigenvalue weighted by Gasteiger charge is 2.11. The van der Waals surface area contributed by atoms with Gasteiger partial charge in [-0.3, -0.25) is 4.98 Å². The summed E-state index contributed by atoms with van der Waals surface area (Å²) in [6, 6.07) is 8.05. The van der Waals surface area contributed by atoms with Gasteiger partial charge in [0.15, 0.2) is 11.6 Å². The molecule has 2 rings (SSSR count). The molecule has 1 aromatic carbocycles. The number of hydrogen-bond acceptors (Lipinski definition) is 3. The molecule has 1 aromatic heterocycles. The van der Waals surface area contributed by atoms with Crippen molar-refractivity contribution in [2.24, 2.45) is 5.73 Å². The first kappa shape index (κ1) is 12.5. The minimum Gasteiger partial charge on any atom is -0.454 e. The van der Waals surface area contributed by atoms with Crippen LogP contribution in [0.5, 0.6) is 11.5 Å². The molecule has 0 radical (unpaired) electrons. The smallest absolute Gasteiger partial charge is 0.165 e. The van der Waals surface area contributed by atoms with Crippen molar-refractivity contribution in [3.05, 3.63) is 53.1 Å². The number of halogens is 1. The molecule has 2 N–H and O–H groups in total. The molecule has 94 valence electrons. The number of ether oxygens (including phenoxy) is 1. The van der Waals surface area contributed by atoms with Gasteiger partial charge in [0.05, 0.1) is 0 Å². The molecule has 0 spiro atoms. The number of nitrogens with two attached hydrogens (primary N) is 1. The largest absolute Gasteiger partial charge is 0.454 e. The van der Waals surface area contributed by atoms with Crippen molar-refractivity contribution in [2.45, 2.75) is 20.4 Å². The number of aryl methyl sites for hydroxylation is 2. The van der Waals surface area contributed by atoms with Gasteiger partial charge in [-0.05, 0) is 26.0 Å². The SMILES string of the molecule is Cc1cc(Oc2ccccc2F)c(CN)c(C)n1. The summed E-state index contributed by atoms with van der Waals surface area (Å²) in [4.78, 5) is 4.32. The summed E-state index contributed by atoms with van der Waals surface area (Å²) in [5, 5.41) is 0. The average Bonchev–Trinajstić information content (AvgIpc) is 2.31. The molecule has 0 aliphatic rings. The minimum atomic E-state index is -0.396. The number of aromatic nitrogens is 1. The zero-order valence-electron chi connectivity index (χ0n) is 10.4. The molecule has 0 fully saturated rings. The summed E-state index contributed by atoms with van der Waals surface area (Å²) >= 11 is 0. The Balaban J connectivity index is 2.43. The van der Waals surface area contributed by atoms with E-state index < -0.39 is 5.82 Å². The monoisotopic (exact) mass is 246 g/mol. The first-order chi connectivity index (χ1) is 8.61. The Hall–Kier alpha value is -1.94. The third-order valence-corrected chi connectivity index (χ3v) is 2.68. The number of benzene rings is 1. The van der Waals surface area contributed by atoms with Gasteiger partial charge in [0.25, 0.3) is 0 Å². The van der Waals surface area contributed by atoms with Crippen LogP contribution in [0.25, 0.3) is 0 Å². The van der Waals surface area contributed by atoms with Crippen LogP contribution in [0.15, 0.2) is 30.3 Å². The van der Waals surface area contributed by atoms with Crippen molar-refractivity contribution in [3.8, 4) is 11.5 Å². The van der Waals surface area contributed by atoms with Gasteiger partial charge in [0.1, 0.15) is 5.75 Å². The zero-order chi connectivity index (χ0) is 13.1. The van der Waals surface area contributed by atoms with Crippen LogP contribution in [0.1, 0.15) is 17.0 Å². The highest BCUT2D eigenvalue weighted by atomic mass is 19.1. The van der Waals surface area contributed by atoms with E-state index in [1.54, 1.807) is 24.3 Å². The Morgan fingerprint density at radius 2 is 1.94 bits per heavy atom. The van der Waals surface area contributed by atoms with E-state index >= 15 is 0 Å². The van der Waals surface area contributed by atoms with Crippen LogP contribution in [-0.2, 0) is 6.54 Å². The number of nitrogens with zero attached hydrogens (tertiary/aromatic N) is 1. The molecular formula is C14H15FN2O. The van der Waals surface area contributed by atoms with Gasteiger partial charge in [-0.15, -0.1) is 0 Å². The summed E-state index contributed by atoms with van der Waals surface area (Å²) < 4.78 is 19.1. The van der Waals surface area contributed by atoms with Gasteiger partial charge in [0, 0.05) is 29.6 Å². The van der Waals surface area contributed by atoms with Crippen molar-refractivity contribution in [1.82, 2.24) is 4.98 Å². The number of hydrogen-bond donors (Lipinski definition) is 1. The van der Waals surface area contributed by atoms with E-state index in [1.165, 1.54) is 6.07 Å². The third kappa shape index (κ3) is 2.49. The first-order valence-corrected chi connectivity index (χ1v) is 5.71. The topological polar surface area (TPSA) is 48.1 Å². The number of para-hydroxylation sites is 1. The predicted octanol–water partition coefficient (Wildman–Crippen LogP) is 3.09. The van der Waals surface area contributed by atoms with E-state index in [0.29, 0.717) is 12.3 Å². The molecule has 0 amide bonds. The second-order valence-corrected chi connectivity index (χ2v) is 4.06. The van der Waals surface area contributed by atoms with Gasteiger partial charge in [-0.2, -0.15) is 0 Å². The Morgan fingerprint density at radius 3 is 2.61 bits per heavy atom. The van der Waals surface area contributed by atoms with Crippen molar-refractivity contribution in [1.29, 1.82) is 0 Å². The first-order valence-electron chi connectivity index (χ1n) is 5.71. The van der Waals surface area contributed by atoms with Crippen molar-refractivity contribution >= 4 is 0 Å². The Kier molecular flexibility index (Phi) is 3.58. The molecule has 0 bridgehead atoms. The zero-order valence-corrected chi connectivity index (χ0v) is 10.4. The maximum Gasteiger partial charge on any atom is 0.165 e. The Labute approximate surface area is 105 Å². The summed E-state index contributed by atoms with van der Waals surface area (Å²) in [5.41, 5.74) is 8.10. The summed E-state index contributed by atoms with van der Waals surface area (Å²) in [6.07, 6.45) is 0. The fraction of sp³-hybridized carbons (Fsp3) is 0.214. The lowest BCUT2D eigenvalue weighted by Gasteiger charge is -2.13. The predicted molar refractivity (Wildman–Crippen MR) is 68.1 cm³/mol. The second kappa shape index (κ2) is 5.14. The van der Waals surface area contributed by atoms with Crippen LogP contribution >= 0.6 is 0 Å². The van der Waals surface area contributed by atoms with Crippen LogP contribution in [0.4, 0.5) is 4.39 Å². The molecule has 0 saturated heterocycles. The lowest BCUT2D eigenvalue weighted by Crippen LogP contribution is -2.05. The summed E-state index contributed by atoms with van der Waals surface area (Å²) in [7, 11) is 0. The second-order valence-electron chi connectivity index (χ2n) is 4.06. The molecule has 1 heterocycles.